The maximum Gasteiger partial charge on any atom is 0.254 e. The molecule has 4 nitrogen and oxygen atoms in total. The Kier molecular flexibility index (Phi) is 3.53. The van der Waals surface area contributed by atoms with Crippen LogP contribution in [-0.4, -0.2) is 43.6 Å². The normalized spacial score (nSPS) is 25.6. The molecule has 0 aromatic heterocycles. The van der Waals surface area contributed by atoms with Gasteiger partial charge in [0.05, 0.1) is 6.61 Å². The summed E-state index contributed by atoms with van der Waals surface area (Å²) < 4.78 is 5.18. The zero-order chi connectivity index (χ0) is 13.2. The summed E-state index contributed by atoms with van der Waals surface area (Å²) in [4.78, 5) is 14.7. The van der Waals surface area contributed by atoms with Crippen molar-refractivity contribution in [2.24, 2.45) is 5.92 Å². The molecular formula is C15H20N2O2. The summed E-state index contributed by atoms with van der Waals surface area (Å²) in [7, 11) is 1.66. The second-order valence-electron chi connectivity index (χ2n) is 5.51. The Bertz CT molecular complexity index is 463. The van der Waals surface area contributed by atoms with E-state index in [2.05, 4.69) is 5.32 Å². The lowest BCUT2D eigenvalue weighted by Crippen LogP contribution is -2.44. The highest BCUT2D eigenvalue weighted by Crippen LogP contribution is 2.24. The highest BCUT2D eigenvalue weighted by Gasteiger charge is 2.35. The van der Waals surface area contributed by atoms with Gasteiger partial charge in [0.2, 0.25) is 0 Å². The van der Waals surface area contributed by atoms with Gasteiger partial charge in [-0.3, -0.25) is 4.79 Å². The van der Waals surface area contributed by atoms with Crippen LogP contribution in [0.2, 0.25) is 0 Å². The molecule has 1 amide bonds. The fourth-order valence-electron chi connectivity index (χ4n) is 3.18. The molecule has 0 saturated carbocycles. The molecule has 2 fully saturated rings. The number of methoxy groups -OCH3 is 1. The number of ether oxygens (including phenoxy) is 1. The second kappa shape index (κ2) is 5.31. The summed E-state index contributed by atoms with van der Waals surface area (Å²) in [6.07, 6.45) is 1.21. The largest absolute Gasteiger partial charge is 0.380 e. The van der Waals surface area contributed by atoms with Crippen LogP contribution in [-0.2, 0) is 11.3 Å². The van der Waals surface area contributed by atoms with Crippen molar-refractivity contribution in [1.29, 1.82) is 0 Å². The highest BCUT2D eigenvalue weighted by atomic mass is 16.5. The fourth-order valence-corrected chi connectivity index (χ4v) is 3.18. The van der Waals surface area contributed by atoms with Crippen molar-refractivity contribution < 1.29 is 9.53 Å². The summed E-state index contributed by atoms with van der Waals surface area (Å²) in [5, 5.41) is 3.48. The lowest BCUT2D eigenvalue weighted by atomic mass is 9.98. The van der Waals surface area contributed by atoms with Crippen molar-refractivity contribution in [1.82, 2.24) is 10.2 Å². The van der Waals surface area contributed by atoms with Crippen molar-refractivity contribution in [2.45, 2.75) is 19.1 Å². The first-order valence-corrected chi connectivity index (χ1v) is 6.87. The van der Waals surface area contributed by atoms with Crippen LogP contribution >= 0.6 is 0 Å². The molecule has 102 valence electrons. The lowest BCUT2D eigenvalue weighted by molar-refractivity contribution is 0.0687. The van der Waals surface area contributed by atoms with Gasteiger partial charge in [-0.15, -0.1) is 0 Å². The van der Waals surface area contributed by atoms with Crippen molar-refractivity contribution in [2.75, 3.05) is 26.7 Å². The molecule has 2 saturated heterocycles. The Balaban J connectivity index is 1.80. The van der Waals surface area contributed by atoms with Gasteiger partial charge in [0.1, 0.15) is 0 Å². The van der Waals surface area contributed by atoms with Gasteiger partial charge in [0, 0.05) is 38.3 Å². The van der Waals surface area contributed by atoms with E-state index < -0.39 is 0 Å². The first kappa shape index (κ1) is 12.6. The van der Waals surface area contributed by atoms with Gasteiger partial charge in [-0.05, 0) is 24.0 Å². The third-order valence-electron chi connectivity index (χ3n) is 4.07. The molecule has 1 aromatic rings. The average molecular weight is 260 g/mol. The van der Waals surface area contributed by atoms with Gasteiger partial charge in [-0.25, -0.2) is 0 Å². The Labute approximate surface area is 113 Å². The number of amides is 1. The molecular weight excluding hydrogens is 240 g/mol. The van der Waals surface area contributed by atoms with E-state index in [1.807, 2.05) is 29.2 Å². The van der Waals surface area contributed by atoms with E-state index in [1.165, 1.54) is 6.42 Å². The van der Waals surface area contributed by atoms with E-state index in [0.717, 1.165) is 30.8 Å². The van der Waals surface area contributed by atoms with Crippen LogP contribution in [0.15, 0.2) is 24.3 Å². The molecule has 19 heavy (non-hydrogen) atoms. The Morgan fingerprint density at radius 1 is 1.42 bits per heavy atom. The van der Waals surface area contributed by atoms with Crippen molar-refractivity contribution in [3.63, 3.8) is 0 Å². The predicted octanol–water partition coefficient (Wildman–Crippen LogP) is 1.27. The van der Waals surface area contributed by atoms with Gasteiger partial charge in [-0.2, -0.15) is 0 Å². The zero-order valence-electron chi connectivity index (χ0n) is 11.3. The van der Waals surface area contributed by atoms with Crippen LogP contribution in [0, 0.1) is 5.92 Å². The van der Waals surface area contributed by atoms with Crippen molar-refractivity contribution in [3.05, 3.63) is 35.4 Å². The number of rotatable bonds is 3. The van der Waals surface area contributed by atoms with E-state index in [0.29, 0.717) is 18.6 Å². The van der Waals surface area contributed by atoms with Gasteiger partial charge in [0.25, 0.3) is 5.91 Å². The van der Waals surface area contributed by atoms with E-state index in [9.17, 15) is 4.79 Å². The maximum atomic E-state index is 12.7. The standard InChI is InChI=1S/C15H20N2O2/c1-19-10-12-4-2-3-5-14(12)15(18)17-8-11-6-13(9-17)16-7-11/h2-5,11,13,16H,6-10H2,1H3/t11-,13+/m1/s1. The van der Waals surface area contributed by atoms with E-state index >= 15 is 0 Å². The van der Waals surface area contributed by atoms with Gasteiger partial charge in [-0.1, -0.05) is 18.2 Å². The molecule has 0 aliphatic carbocycles. The number of carbonyl (C=O) groups excluding carboxylic acids is 1. The number of likely N-dealkylation sites (tertiary alicyclic amines) is 1. The molecule has 0 radical (unpaired) electrons. The summed E-state index contributed by atoms with van der Waals surface area (Å²) in [6, 6.07) is 8.22. The number of nitrogens with one attached hydrogen (secondary N) is 1. The summed E-state index contributed by atoms with van der Waals surface area (Å²) in [5.74, 6) is 0.767. The molecule has 2 heterocycles. The molecule has 3 rings (SSSR count). The van der Waals surface area contributed by atoms with Crippen molar-refractivity contribution >= 4 is 5.91 Å². The smallest absolute Gasteiger partial charge is 0.254 e. The van der Waals surface area contributed by atoms with Crippen LogP contribution in [0.3, 0.4) is 0 Å². The number of hydrogen-bond acceptors (Lipinski definition) is 3. The fraction of sp³-hybridized carbons (Fsp3) is 0.533. The van der Waals surface area contributed by atoms with Crippen molar-refractivity contribution in [3.8, 4) is 0 Å². The van der Waals surface area contributed by atoms with E-state index in [1.54, 1.807) is 7.11 Å². The SMILES string of the molecule is COCc1ccccc1C(=O)N1C[C@H]2CN[C@@H](C2)C1. The summed E-state index contributed by atoms with van der Waals surface area (Å²) in [5.41, 5.74) is 1.76. The molecule has 2 atom stereocenters. The number of hydrogen-bond donors (Lipinski definition) is 1. The number of piperidine rings is 1. The maximum absolute atomic E-state index is 12.7. The first-order chi connectivity index (χ1) is 9.28. The minimum absolute atomic E-state index is 0.144. The molecule has 2 aliphatic heterocycles. The molecule has 4 heteroatoms. The third-order valence-corrected chi connectivity index (χ3v) is 4.07. The number of carbonyl (C=O) groups is 1. The molecule has 0 unspecified atom stereocenters. The van der Waals surface area contributed by atoms with Crippen LogP contribution < -0.4 is 5.32 Å². The zero-order valence-corrected chi connectivity index (χ0v) is 11.3. The minimum Gasteiger partial charge on any atom is -0.380 e. The molecule has 2 aliphatic rings. The number of nitrogens with zero attached hydrogens (tertiary/aromatic N) is 1. The minimum atomic E-state index is 0.144. The molecule has 1 aromatic carbocycles. The average Bonchev–Trinajstić information content (AvgIpc) is 2.78. The number of benzene rings is 1. The van der Waals surface area contributed by atoms with E-state index in [-0.39, 0.29) is 5.91 Å². The van der Waals surface area contributed by atoms with Crippen LogP contribution in [0.5, 0.6) is 0 Å². The summed E-state index contributed by atoms with van der Waals surface area (Å²) in [6.45, 7) is 3.25. The predicted molar refractivity (Wildman–Crippen MR) is 73.0 cm³/mol. The Morgan fingerprint density at radius 3 is 3.05 bits per heavy atom. The molecule has 1 N–H and O–H groups in total. The monoisotopic (exact) mass is 260 g/mol. The quantitative estimate of drug-likeness (QED) is 0.890. The lowest BCUT2D eigenvalue weighted by Gasteiger charge is -2.31. The Hall–Kier alpha value is -1.39. The van der Waals surface area contributed by atoms with Crippen LogP contribution in [0.4, 0.5) is 0 Å². The molecule has 0 spiro atoms. The topological polar surface area (TPSA) is 41.6 Å². The Morgan fingerprint density at radius 2 is 2.26 bits per heavy atom. The van der Waals surface area contributed by atoms with Crippen LogP contribution in [0.25, 0.3) is 0 Å². The van der Waals surface area contributed by atoms with Crippen LogP contribution in [0.1, 0.15) is 22.3 Å². The highest BCUT2D eigenvalue weighted by molar-refractivity contribution is 5.95. The van der Waals surface area contributed by atoms with Gasteiger partial charge in [0.15, 0.2) is 0 Å². The van der Waals surface area contributed by atoms with Gasteiger partial charge >= 0.3 is 0 Å². The molecule has 2 bridgehead atoms. The third kappa shape index (κ3) is 2.51. The number of fused-ring (bicyclic) bond motifs is 2. The second-order valence-corrected chi connectivity index (χ2v) is 5.51. The van der Waals surface area contributed by atoms with E-state index in [4.69, 9.17) is 4.74 Å². The first-order valence-electron chi connectivity index (χ1n) is 6.87. The van der Waals surface area contributed by atoms with Gasteiger partial charge < -0.3 is 15.0 Å². The summed E-state index contributed by atoms with van der Waals surface area (Å²) >= 11 is 0.